The van der Waals surface area contributed by atoms with Crippen LogP contribution in [0.15, 0.2) is 60.7 Å². The Hall–Kier alpha value is -3.81. The van der Waals surface area contributed by atoms with Crippen LogP contribution in [0.1, 0.15) is 20.8 Å². The summed E-state index contributed by atoms with van der Waals surface area (Å²) in [4.78, 5) is 26.7. The van der Waals surface area contributed by atoms with Crippen molar-refractivity contribution >= 4 is 17.8 Å². The van der Waals surface area contributed by atoms with Crippen LogP contribution in [0.25, 0.3) is 16.9 Å². The lowest BCUT2D eigenvalue weighted by Crippen LogP contribution is -2.47. The Balaban J connectivity index is 1.90. The van der Waals surface area contributed by atoms with Gasteiger partial charge in [-0.15, -0.1) is 0 Å². The molecule has 32 heavy (non-hydrogen) atoms. The number of methoxy groups -OCH3 is 1. The van der Waals surface area contributed by atoms with Crippen molar-refractivity contribution in [3.05, 3.63) is 60.7 Å². The Kier molecular flexibility index (Phi) is 7.49. The number of urea groups is 1. The quantitative estimate of drug-likeness (QED) is 0.561. The zero-order valence-corrected chi connectivity index (χ0v) is 18.8. The molecule has 0 aliphatic rings. The number of ether oxygens (including phenoxy) is 1. The van der Waals surface area contributed by atoms with Crippen LogP contribution in [-0.4, -0.2) is 52.9 Å². The fourth-order valence-corrected chi connectivity index (χ4v) is 3.22. The van der Waals surface area contributed by atoms with Gasteiger partial charge in [0.2, 0.25) is 5.91 Å². The van der Waals surface area contributed by atoms with Gasteiger partial charge in [0.1, 0.15) is 18.1 Å². The molecule has 0 saturated carbocycles. The van der Waals surface area contributed by atoms with Crippen molar-refractivity contribution in [2.75, 3.05) is 25.5 Å². The van der Waals surface area contributed by atoms with Crippen LogP contribution < -0.4 is 15.4 Å². The lowest BCUT2D eigenvalue weighted by molar-refractivity contribution is -0.117. The highest BCUT2D eigenvalue weighted by Gasteiger charge is 2.21. The highest BCUT2D eigenvalue weighted by molar-refractivity contribution is 5.94. The smallest absolute Gasteiger partial charge is 0.318 e. The van der Waals surface area contributed by atoms with Crippen molar-refractivity contribution in [1.29, 1.82) is 0 Å². The summed E-state index contributed by atoms with van der Waals surface area (Å²) in [5.74, 6) is 0.933. The molecule has 0 aliphatic heterocycles. The Labute approximate surface area is 188 Å². The minimum atomic E-state index is -0.306. The number of hydrogen-bond donors (Lipinski definition) is 2. The Bertz CT molecular complexity index is 1050. The van der Waals surface area contributed by atoms with Gasteiger partial charge >= 0.3 is 6.03 Å². The third-order valence-corrected chi connectivity index (χ3v) is 4.89. The van der Waals surface area contributed by atoms with Gasteiger partial charge < -0.3 is 20.3 Å². The van der Waals surface area contributed by atoms with E-state index in [-0.39, 0.29) is 24.5 Å². The maximum Gasteiger partial charge on any atom is 0.318 e. The molecule has 2 aromatic carbocycles. The second-order valence-corrected chi connectivity index (χ2v) is 7.50. The van der Waals surface area contributed by atoms with Crippen LogP contribution in [0, 0.1) is 0 Å². The molecule has 0 unspecified atom stereocenters. The fraction of sp³-hybridized carbons (Fsp3) is 0.292. The summed E-state index contributed by atoms with van der Waals surface area (Å²) in [5, 5.41) is 10.4. The molecule has 0 saturated heterocycles. The first-order valence-electron chi connectivity index (χ1n) is 10.6. The standard InChI is InChI=1S/C24H29N5O3/c1-5-25-24(31)28(17(2)3)16-23(30)26-22-15-21(18-9-7-6-8-10-18)27-29(22)19-11-13-20(32-4)14-12-19/h6-15,17H,5,16H2,1-4H3,(H,25,31)(H,26,30). The van der Waals surface area contributed by atoms with E-state index in [1.54, 1.807) is 11.8 Å². The molecule has 3 amide bonds. The topological polar surface area (TPSA) is 88.5 Å². The molecule has 1 aromatic heterocycles. The average molecular weight is 436 g/mol. The Morgan fingerprint density at radius 3 is 2.38 bits per heavy atom. The predicted octanol–water partition coefficient (Wildman–Crippen LogP) is 3.93. The molecule has 8 heteroatoms. The van der Waals surface area contributed by atoms with E-state index in [1.165, 1.54) is 4.90 Å². The zero-order chi connectivity index (χ0) is 23.1. The molecule has 8 nitrogen and oxygen atoms in total. The number of anilines is 1. The Morgan fingerprint density at radius 1 is 1.09 bits per heavy atom. The van der Waals surface area contributed by atoms with Gasteiger partial charge in [-0.2, -0.15) is 5.10 Å². The number of rotatable bonds is 8. The highest BCUT2D eigenvalue weighted by Crippen LogP contribution is 2.25. The number of benzene rings is 2. The minimum absolute atomic E-state index is 0.0715. The van der Waals surface area contributed by atoms with Gasteiger partial charge in [0, 0.05) is 24.2 Å². The normalized spacial score (nSPS) is 10.7. The van der Waals surface area contributed by atoms with Crippen molar-refractivity contribution in [3.8, 4) is 22.7 Å². The fourth-order valence-electron chi connectivity index (χ4n) is 3.22. The summed E-state index contributed by atoms with van der Waals surface area (Å²) in [7, 11) is 1.61. The van der Waals surface area contributed by atoms with Crippen LogP contribution in [0.5, 0.6) is 5.75 Å². The summed E-state index contributed by atoms with van der Waals surface area (Å²) in [5.41, 5.74) is 2.43. The second kappa shape index (κ2) is 10.5. The maximum atomic E-state index is 12.9. The number of carbonyl (C=O) groups is 2. The van der Waals surface area contributed by atoms with Gasteiger partial charge in [-0.05, 0) is 45.0 Å². The first kappa shape index (κ1) is 22.9. The molecule has 0 fully saturated rings. The largest absolute Gasteiger partial charge is 0.497 e. The van der Waals surface area contributed by atoms with Gasteiger partial charge in [-0.25, -0.2) is 9.48 Å². The molecule has 168 valence electrons. The van der Waals surface area contributed by atoms with Gasteiger partial charge in [-0.3, -0.25) is 4.79 Å². The molecule has 0 radical (unpaired) electrons. The summed E-state index contributed by atoms with van der Waals surface area (Å²) < 4.78 is 6.91. The maximum absolute atomic E-state index is 12.9. The van der Waals surface area contributed by atoms with Gasteiger partial charge in [0.05, 0.1) is 18.5 Å². The number of nitrogens with one attached hydrogen (secondary N) is 2. The molecular weight excluding hydrogens is 406 g/mol. The van der Waals surface area contributed by atoms with Gasteiger partial charge in [-0.1, -0.05) is 30.3 Å². The molecule has 0 bridgehead atoms. The molecular formula is C24H29N5O3. The van der Waals surface area contributed by atoms with Crippen LogP contribution in [0.3, 0.4) is 0 Å². The summed E-state index contributed by atoms with van der Waals surface area (Å²) in [6.45, 7) is 6.01. The van der Waals surface area contributed by atoms with Crippen LogP contribution in [0.4, 0.5) is 10.6 Å². The summed E-state index contributed by atoms with van der Waals surface area (Å²) in [6.07, 6.45) is 0. The number of nitrogens with zero attached hydrogens (tertiary/aromatic N) is 3. The van der Waals surface area contributed by atoms with Crippen LogP contribution in [0.2, 0.25) is 0 Å². The summed E-state index contributed by atoms with van der Waals surface area (Å²) in [6, 6.07) is 18.6. The van der Waals surface area contributed by atoms with E-state index in [0.717, 1.165) is 22.7 Å². The molecule has 1 heterocycles. The molecule has 2 N–H and O–H groups in total. The molecule has 3 aromatic rings. The monoisotopic (exact) mass is 435 g/mol. The van der Waals surface area contributed by atoms with E-state index in [0.29, 0.717) is 12.4 Å². The van der Waals surface area contributed by atoms with E-state index in [4.69, 9.17) is 9.84 Å². The van der Waals surface area contributed by atoms with Crippen LogP contribution >= 0.6 is 0 Å². The SMILES string of the molecule is CCNC(=O)N(CC(=O)Nc1cc(-c2ccccc2)nn1-c1ccc(OC)cc1)C(C)C. The highest BCUT2D eigenvalue weighted by atomic mass is 16.5. The number of amides is 3. The number of aromatic nitrogens is 2. The van der Waals surface area contributed by atoms with Crippen LogP contribution in [-0.2, 0) is 4.79 Å². The van der Waals surface area contributed by atoms with Crippen molar-refractivity contribution in [3.63, 3.8) is 0 Å². The van der Waals surface area contributed by atoms with Crippen molar-refractivity contribution in [1.82, 2.24) is 20.0 Å². The number of hydrogen-bond acceptors (Lipinski definition) is 4. The van der Waals surface area contributed by atoms with E-state index in [9.17, 15) is 9.59 Å². The minimum Gasteiger partial charge on any atom is -0.497 e. The molecule has 0 spiro atoms. The van der Waals surface area contributed by atoms with Gasteiger partial charge in [0.15, 0.2) is 0 Å². The average Bonchev–Trinajstić information content (AvgIpc) is 3.21. The Morgan fingerprint density at radius 2 is 1.78 bits per heavy atom. The van der Waals surface area contributed by atoms with E-state index < -0.39 is 0 Å². The zero-order valence-electron chi connectivity index (χ0n) is 18.8. The lowest BCUT2D eigenvalue weighted by atomic mass is 10.1. The van der Waals surface area contributed by atoms with Crippen molar-refractivity contribution in [2.24, 2.45) is 0 Å². The van der Waals surface area contributed by atoms with E-state index in [2.05, 4.69) is 10.6 Å². The second-order valence-electron chi connectivity index (χ2n) is 7.50. The molecule has 0 atom stereocenters. The van der Waals surface area contributed by atoms with Crippen molar-refractivity contribution in [2.45, 2.75) is 26.8 Å². The predicted molar refractivity (Wildman–Crippen MR) is 125 cm³/mol. The first-order valence-corrected chi connectivity index (χ1v) is 10.6. The number of carbonyl (C=O) groups excluding carboxylic acids is 2. The lowest BCUT2D eigenvalue weighted by Gasteiger charge is -2.26. The molecule has 0 aliphatic carbocycles. The summed E-state index contributed by atoms with van der Waals surface area (Å²) >= 11 is 0. The third kappa shape index (κ3) is 5.46. The van der Waals surface area contributed by atoms with E-state index in [1.807, 2.05) is 81.4 Å². The first-order chi connectivity index (χ1) is 15.4. The van der Waals surface area contributed by atoms with Gasteiger partial charge in [0.25, 0.3) is 0 Å². The van der Waals surface area contributed by atoms with Crippen molar-refractivity contribution < 1.29 is 14.3 Å². The molecule has 3 rings (SSSR count). The third-order valence-electron chi connectivity index (χ3n) is 4.89. The van der Waals surface area contributed by atoms with E-state index >= 15 is 0 Å².